The zero-order valence-corrected chi connectivity index (χ0v) is 12.7. The van der Waals surface area contributed by atoms with E-state index in [2.05, 4.69) is 4.72 Å². The van der Waals surface area contributed by atoms with Gasteiger partial charge in [0.2, 0.25) is 0 Å². The van der Waals surface area contributed by atoms with E-state index in [0.717, 1.165) is 16.3 Å². The fourth-order valence-electron chi connectivity index (χ4n) is 2.26. The van der Waals surface area contributed by atoms with Crippen molar-refractivity contribution in [2.24, 2.45) is 0 Å². The molecule has 0 amide bonds. The first-order valence-corrected chi connectivity index (χ1v) is 8.22. The van der Waals surface area contributed by atoms with E-state index in [9.17, 15) is 12.8 Å². The molecular weight excluding hydrogens is 301 g/mol. The zero-order valence-electron chi connectivity index (χ0n) is 11.9. The topological polar surface area (TPSA) is 46.2 Å². The number of rotatable bonds is 3. The van der Waals surface area contributed by atoms with Crippen molar-refractivity contribution in [2.45, 2.75) is 11.8 Å². The van der Waals surface area contributed by atoms with Crippen molar-refractivity contribution in [1.82, 2.24) is 0 Å². The van der Waals surface area contributed by atoms with Crippen molar-refractivity contribution in [2.75, 3.05) is 4.72 Å². The largest absolute Gasteiger partial charge is 0.277 e. The zero-order chi connectivity index (χ0) is 15.7. The Kier molecular flexibility index (Phi) is 3.58. The van der Waals surface area contributed by atoms with Gasteiger partial charge in [0.25, 0.3) is 10.0 Å². The summed E-state index contributed by atoms with van der Waals surface area (Å²) in [5.41, 5.74) is 0.728. The van der Waals surface area contributed by atoms with Gasteiger partial charge < -0.3 is 0 Å². The van der Waals surface area contributed by atoms with Crippen LogP contribution in [0.15, 0.2) is 65.6 Å². The van der Waals surface area contributed by atoms with Crippen LogP contribution in [0.2, 0.25) is 0 Å². The van der Waals surface area contributed by atoms with Crippen LogP contribution in [0.1, 0.15) is 5.56 Å². The molecule has 0 unspecified atom stereocenters. The molecule has 0 radical (unpaired) electrons. The molecule has 5 heteroatoms. The monoisotopic (exact) mass is 315 g/mol. The third kappa shape index (κ3) is 2.80. The van der Waals surface area contributed by atoms with Gasteiger partial charge >= 0.3 is 0 Å². The van der Waals surface area contributed by atoms with Crippen molar-refractivity contribution in [3.63, 3.8) is 0 Å². The van der Waals surface area contributed by atoms with Gasteiger partial charge in [-0.25, -0.2) is 12.8 Å². The Morgan fingerprint density at radius 1 is 0.909 bits per heavy atom. The highest BCUT2D eigenvalue weighted by Gasteiger charge is 2.16. The van der Waals surface area contributed by atoms with Crippen LogP contribution in [-0.4, -0.2) is 8.42 Å². The molecule has 0 aliphatic carbocycles. The minimum atomic E-state index is -3.83. The van der Waals surface area contributed by atoms with E-state index in [1.807, 2.05) is 24.3 Å². The Bertz CT molecular complexity index is 952. The van der Waals surface area contributed by atoms with Gasteiger partial charge in [-0.2, -0.15) is 0 Å². The summed E-state index contributed by atoms with van der Waals surface area (Å²) in [5, 5.41) is 1.76. The first-order chi connectivity index (χ1) is 10.5. The molecule has 0 saturated carbocycles. The van der Waals surface area contributed by atoms with Crippen LogP contribution in [0.5, 0.6) is 0 Å². The summed E-state index contributed by atoms with van der Waals surface area (Å²) in [6, 6.07) is 16.6. The highest BCUT2D eigenvalue weighted by molar-refractivity contribution is 7.92. The van der Waals surface area contributed by atoms with Gasteiger partial charge in [-0.15, -0.1) is 0 Å². The SMILES string of the molecule is Cc1ccc(F)c(NS(=O)(=O)c2ccc3ccccc3c2)c1. The number of fused-ring (bicyclic) bond motifs is 1. The van der Waals surface area contributed by atoms with Crippen LogP contribution in [-0.2, 0) is 10.0 Å². The van der Waals surface area contributed by atoms with E-state index in [4.69, 9.17) is 0 Å². The van der Waals surface area contributed by atoms with Crippen LogP contribution in [0.3, 0.4) is 0 Å². The molecule has 0 aliphatic rings. The number of sulfonamides is 1. The lowest BCUT2D eigenvalue weighted by atomic mass is 10.1. The summed E-state index contributed by atoms with van der Waals surface area (Å²) in [6.45, 7) is 1.77. The van der Waals surface area contributed by atoms with Gasteiger partial charge in [-0.1, -0.05) is 36.4 Å². The summed E-state index contributed by atoms with van der Waals surface area (Å²) in [6.07, 6.45) is 0. The van der Waals surface area contributed by atoms with Crippen LogP contribution < -0.4 is 4.72 Å². The molecule has 112 valence electrons. The Labute approximate surface area is 128 Å². The Balaban J connectivity index is 2.02. The summed E-state index contributed by atoms with van der Waals surface area (Å²) in [4.78, 5) is 0.104. The van der Waals surface area contributed by atoms with Crippen molar-refractivity contribution < 1.29 is 12.8 Å². The fourth-order valence-corrected chi connectivity index (χ4v) is 3.35. The lowest BCUT2D eigenvalue weighted by molar-refractivity contribution is 0.598. The predicted molar refractivity (Wildman–Crippen MR) is 85.9 cm³/mol. The van der Waals surface area contributed by atoms with Gasteiger partial charge in [0.1, 0.15) is 5.82 Å². The van der Waals surface area contributed by atoms with Gasteiger partial charge in [0, 0.05) is 0 Å². The maximum Gasteiger partial charge on any atom is 0.262 e. The van der Waals surface area contributed by atoms with Gasteiger partial charge in [0.05, 0.1) is 10.6 Å². The van der Waals surface area contributed by atoms with E-state index in [1.165, 1.54) is 18.2 Å². The molecule has 1 N–H and O–H groups in total. The second kappa shape index (κ2) is 5.42. The predicted octanol–water partition coefficient (Wildman–Crippen LogP) is 4.09. The smallest absolute Gasteiger partial charge is 0.262 e. The van der Waals surface area contributed by atoms with Crippen LogP contribution in [0, 0.1) is 12.7 Å². The first-order valence-electron chi connectivity index (χ1n) is 6.73. The maximum absolute atomic E-state index is 13.7. The number of halogens is 1. The van der Waals surface area contributed by atoms with E-state index < -0.39 is 15.8 Å². The number of nitrogens with one attached hydrogen (secondary N) is 1. The average Bonchev–Trinajstić information content (AvgIpc) is 2.50. The fraction of sp³-hybridized carbons (Fsp3) is 0.0588. The first kappa shape index (κ1) is 14.5. The number of benzene rings is 3. The third-order valence-corrected chi connectivity index (χ3v) is 4.76. The van der Waals surface area contributed by atoms with Crippen LogP contribution in [0.25, 0.3) is 10.8 Å². The molecule has 3 nitrogen and oxygen atoms in total. The summed E-state index contributed by atoms with van der Waals surface area (Å²) in [5.74, 6) is -0.602. The molecule has 0 bridgehead atoms. The lowest BCUT2D eigenvalue weighted by Gasteiger charge is -2.10. The van der Waals surface area contributed by atoms with Gasteiger partial charge in [-0.05, 0) is 47.5 Å². The maximum atomic E-state index is 13.7. The number of hydrogen-bond donors (Lipinski definition) is 1. The molecule has 3 rings (SSSR count). The van der Waals surface area contributed by atoms with Crippen molar-refractivity contribution in [3.8, 4) is 0 Å². The second-order valence-electron chi connectivity index (χ2n) is 5.10. The lowest BCUT2D eigenvalue weighted by Crippen LogP contribution is -2.14. The number of aryl methyl sites for hydroxylation is 1. The molecule has 0 spiro atoms. The summed E-state index contributed by atoms with van der Waals surface area (Å²) in [7, 11) is -3.83. The molecule has 0 aromatic heterocycles. The van der Waals surface area contributed by atoms with E-state index >= 15 is 0 Å². The Hall–Kier alpha value is -2.40. The molecule has 0 atom stereocenters. The molecule has 0 heterocycles. The molecule has 3 aromatic carbocycles. The minimum Gasteiger partial charge on any atom is -0.277 e. The van der Waals surface area contributed by atoms with Crippen LogP contribution >= 0.6 is 0 Å². The molecule has 22 heavy (non-hydrogen) atoms. The summed E-state index contributed by atoms with van der Waals surface area (Å²) >= 11 is 0. The molecule has 0 aliphatic heterocycles. The minimum absolute atomic E-state index is 0.0480. The quantitative estimate of drug-likeness (QED) is 0.791. The standard InChI is InChI=1S/C17H14FNO2S/c1-12-6-9-16(18)17(10-12)19-22(20,21)15-8-7-13-4-2-3-5-14(13)11-15/h2-11,19H,1H3. The molecular formula is C17H14FNO2S. The highest BCUT2D eigenvalue weighted by Crippen LogP contribution is 2.23. The highest BCUT2D eigenvalue weighted by atomic mass is 32.2. The Morgan fingerprint density at radius 3 is 2.41 bits per heavy atom. The molecule has 3 aromatic rings. The average molecular weight is 315 g/mol. The van der Waals surface area contributed by atoms with Gasteiger partial charge in [-0.3, -0.25) is 4.72 Å². The van der Waals surface area contributed by atoms with E-state index in [-0.39, 0.29) is 10.6 Å². The van der Waals surface area contributed by atoms with E-state index in [0.29, 0.717) is 0 Å². The van der Waals surface area contributed by atoms with Crippen LogP contribution in [0.4, 0.5) is 10.1 Å². The van der Waals surface area contributed by atoms with E-state index in [1.54, 1.807) is 25.1 Å². The van der Waals surface area contributed by atoms with Gasteiger partial charge in [0.15, 0.2) is 0 Å². The van der Waals surface area contributed by atoms with Crippen molar-refractivity contribution in [3.05, 3.63) is 72.0 Å². The van der Waals surface area contributed by atoms with Crippen molar-refractivity contribution >= 4 is 26.5 Å². The normalized spacial score (nSPS) is 11.5. The molecule has 0 fully saturated rings. The number of anilines is 1. The van der Waals surface area contributed by atoms with Crippen molar-refractivity contribution in [1.29, 1.82) is 0 Å². The summed E-state index contributed by atoms with van der Waals surface area (Å²) < 4.78 is 40.9. The Morgan fingerprint density at radius 2 is 1.64 bits per heavy atom. The third-order valence-electron chi connectivity index (χ3n) is 3.40. The molecule has 0 saturated heterocycles. The number of hydrogen-bond acceptors (Lipinski definition) is 2. The second-order valence-corrected chi connectivity index (χ2v) is 6.78.